The van der Waals surface area contributed by atoms with Crippen LogP contribution in [0.5, 0.6) is 5.75 Å². The number of hydrogen-bond donors (Lipinski definition) is 1. The van der Waals surface area contributed by atoms with Gasteiger partial charge in [-0.15, -0.1) is 0 Å². The van der Waals surface area contributed by atoms with Crippen LogP contribution in [0.2, 0.25) is 0 Å². The van der Waals surface area contributed by atoms with Crippen molar-refractivity contribution in [2.24, 2.45) is 0 Å². The fraction of sp³-hybridized carbons (Fsp3) is 0.478. The van der Waals surface area contributed by atoms with E-state index in [9.17, 15) is 0 Å². The molecule has 31 heavy (non-hydrogen) atoms. The average molecular weight is 420 g/mol. The monoisotopic (exact) mass is 419 g/mol. The summed E-state index contributed by atoms with van der Waals surface area (Å²) >= 11 is 0. The number of fused-ring (bicyclic) bond motifs is 1. The Morgan fingerprint density at radius 3 is 2.42 bits per heavy atom. The number of nitrogens with zero attached hydrogens (tertiary/aromatic N) is 6. The molecule has 8 heteroatoms. The second kappa shape index (κ2) is 8.53. The Labute approximate surface area is 182 Å². The highest BCUT2D eigenvalue weighted by Gasteiger charge is 2.21. The Bertz CT molecular complexity index is 1060. The Hall–Kier alpha value is -3.16. The molecule has 2 aliphatic heterocycles. The zero-order chi connectivity index (χ0) is 21.2. The zero-order valence-corrected chi connectivity index (χ0v) is 18.2. The van der Waals surface area contributed by atoms with Crippen LogP contribution >= 0.6 is 0 Å². The van der Waals surface area contributed by atoms with Crippen LogP contribution in [0.25, 0.3) is 10.8 Å². The number of ether oxygens (including phenoxy) is 1. The predicted octanol–water partition coefficient (Wildman–Crippen LogP) is 4.15. The van der Waals surface area contributed by atoms with E-state index in [-0.39, 0.29) is 6.10 Å². The number of aromatic nitrogens is 4. The summed E-state index contributed by atoms with van der Waals surface area (Å²) in [5.74, 6) is 4.00. The number of hydrogen-bond acceptors (Lipinski definition) is 8. The molecule has 0 aliphatic carbocycles. The number of anilines is 4. The Kier molecular flexibility index (Phi) is 5.44. The molecule has 2 fully saturated rings. The summed E-state index contributed by atoms with van der Waals surface area (Å²) in [6.07, 6.45) is 10.5. The largest absolute Gasteiger partial charge is 0.489 e. The quantitative estimate of drug-likeness (QED) is 0.638. The van der Waals surface area contributed by atoms with E-state index in [1.807, 2.05) is 38.4 Å². The van der Waals surface area contributed by atoms with E-state index in [0.717, 1.165) is 66.1 Å². The molecule has 2 aliphatic rings. The number of rotatable bonds is 6. The van der Waals surface area contributed by atoms with E-state index >= 15 is 0 Å². The van der Waals surface area contributed by atoms with Gasteiger partial charge in [-0.1, -0.05) is 0 Å². The summed E-state index contributed by atoms with van der Waals surface area (Å²) in [6, 6.07) is 3.91. The van der Waals surface area contributed by atoms with Crippen molar-refractivity contribution >= 4 is 34.2 Å². The molecule has 0 unspecified atom stereocenters. The van der Waals surface area contributed by atoms with Crippen LogP contribution < -0.4 is 19.9 Å². The van der Waals surface area contributed by atoms with Crippen molar-refractivity contribution < 1.29 is 4.74 Å². The SMILES string of the molecule is CC(C)Oc1cnc(N2CCC2)c2cnc(Nc3ccnc(N4CCCCC4)n3)cc12. The highest BCUT2D eigenvalue weighted by Crippen LogP contribution is 2.35. The van der Waals surface area contributed by atoms with Gasteiger partial charge >= 0.3 is 0 Å². The minimum absolute atomic E-state index is 0.0680. The molecule has 0 amide bonds. The zero-order valence-electron chi connectivity index (χ0n) is 18.2. The van der Waals surface area contributed by atoms with Crippen LogP contribution in [0.4, 0.5) is 23.4 Å². The summed E-state index contributed by atoms with van der Waals surface area (Å²) in [6.45, 7) is 8.15. The fourth-order valence-corrected chi connectivity index (χ4v) is 4.09. The maximum Gasteiger partial charge on any atom is 0.227 e. The van der Waals surface area contributed by atoms with Crippen molar-refractivity contribution in [3.05, 3.63) is 30.7 Å². The molecule has 0 aromatic carbocycles. The van der Waals surface area contributed by atoms with Gasteiger partial charge in [-0.3, -0.25) is 0 Å². The lowest BCUT2D eigenvalue weighted by Gasteiger charge is -2.33. The van der Waals surface area contributed by atoms with Crippen molar-refractivity contribution in [2.75, 3.05) is 41.3 Å². The first-order valence-electron chi connectivity index (χ1n) is 11.2. The molecule has 3 aromatic rings. The normalized spacial score (nSPS) is 16.5. The van der Waals surface area contributed by atoms with Crippen molar-refractivity contribution in [1.82, 2.24) is 19.9 Å². The van der Waals surface area contributed by atoms with E-state index in [1.165, 1.54) is 25.7 Å². The lowest BCUT2D eigenvalue weighted by Crippen LogP contribution is -2.37. The van der Waals surface area contributed by atoms with Crippen LogP contribution in [0.15, 0.2) is 30.7 Å². The molecule has 0 radical (unpaired) electrons. The summed E-state index contributed by atoms with van der Waals surface area (Å²) in [5, 5.41) is 5.38. The van der Waals surface area contributed by atoms with Crippen molar-refractivity contribution in [3.63, 3.8) is 0 Å². The molecule has 0 atom stereocenters. The summed E-state index contributed by atoms with van der Waals surface area (Å²) in [7, 11) is 0. The van der Waals surface area contributed by atoms with Gasteiger partial charge in [0.25, 0.3) is 0 Å². The van der Waals surface area contributed by atoms with Gasteiger partial charge in [0.2, 0.25) is 5.95 Å². The molecular weight excluding hydrogens is 390 g/mol. The molecule has 162 valence electrons. The van der Waals surface area contributed by atoms with Crippen LogP contribution in [0.1, 0.15) is 39.5 Å². The fourth-order valence-electron chi connectivity index (χ4n) is 4.09. The maximum atomic E-state index is 6.05. The van der Waals surface area contributed by atoms with E-state index in [0.29, 0.717) is 0 Å². The molecule has 2 saturated heterocycles. The summed E-state index contributed by atoms with van der Waals surface area (Å²) in [5.41, 5.74) is 0. The van der Waals surface area contributed by atoms with Crippen LogP contribution in [0.3, 0.4) is 0 Å². The van der Waals surface area contributed by atoms with Crippen LogP contribution in [-0.2, 0) is 0 Å². The molecule has 0 bridgehead atoms. The van der Waals surface area contributed by atoms with Gasteiger partial charge in [0, 0.05) is 49.3 Å². The van der Waals surface area contributed by atoms with Gasteiger partial charge in [-0.05, 0) is 51.7 Å². The lowest BCUT2D eigenvalue weighted by molar-refractivity contribution is 0.244. The first kappa shape index (κ1) is 19.8. The first-order valence-corrected chi connectivity index (χ1v) is 11.2. The van der Waals surface area contributed by atoms with Gasteiger partial charge in [0.15, 0.2) is 0 Å². The van der Waals surface area contributed by atoms with E-state index in [1.54, 1.807) is 6.20 Å². The molecule has 5 rings (SSSR count). The third kappa shape index (κ3) is 4.19. The molecule has 3 aromatic heterocycles. The molecular formula is C23H29N7O. The van der Waals surface area contributed by atoms with Crippen LogP contribution in [0, 0.1) is 0 Å². The Morgan fingerprint density at radius 1 is 0.871 bits per heavy atom. The van der Waals surface area contributed by atoms with Gasteiger partial charge in [0.05, 0.1) is 12.3 Å². The van der Waals surface area contributed by atoms with Gasteiger partial charge in [-0.2, -0.15) is 4.98 Å². The third-order valence-electron chi connectivity index (χ3n) is 5.77. The summed E-state index contributed by atoms with van der Waals surface area (Å²) < 4.78 is 6.05. The predicted molar refractivity (Wildman–Crippen MR) is 124 cm³/mol. The molecule has 0 spiro atoms. The molecule has 8 nitrogen and oxygen atoms in total. The molecule has 5 heterocycles. The number of piperidine rings is 1. The topological polar surface area (TPSA) is 79.3 Å². The minimum atomic E-state index is 0.0680. The minimum Gasteiger partial charge on any atom is -0.489 e. The Morgan fingerprint density at radius 2 is 1.68 bits per heavy atom. The second-order valence-corrected chi connectivity index (χ2v) is 8.48. The molecule has 0 saturated carbocycles. The van der Waals surface area contributed by atoms with Gasteiger partial charge in [0.1, 0.15) is 23.2 Å². The Balaban J connectivity index is 1.46. The van der Waals surface area contributed by atoms with Crippen molar-refractivity contribution in [2.45, 2.75) is 45.6 Å². The summed E-state index contributed by atoms with van der Waals surface area (Å²) in [4.78, 5) is 23.1. The lowest BCUT2D eigenvalue weighted by atomic mass is 10.1. The average Bonchev–Trinajstić information content (AvgIpc) is 2.75. The standard InChI is InChI=1S/C23H29N7O/c1-16(2)31-19-15-26-22(29-11-6-12-29)18-14-25-21(13-17(18)19)27-20-7-8-24-23(28-20)30-9-4-3-5-10-30/h7-8,13-16H,3-6,9-12H2,1-2H3,(H,24,25,27,28). The van der Waals surface area contributed by atoms with E-state index < -0.39 is 0 Å². The first-order chi connectivity index (χ1) is 15.2. The number of pyridine rings is 2. The third-order valence-corrected chi connectivity index (χ3v) is 5.77. The molecule has 1 N–H and O–H groups in total. The van der Waals surface area contributed by atoms with Crippen LogP contribution in [-0.4, -0.2) is 52.2 Å². The van der Waals surface area contributed by atoms with Crippen molar-refractivity contribution in [1.29, 1.82) is 0 Å². The van der Waals surface area contributed by atoms with Gasteiger partial charge in [-0.25, -0.2) is 15.0 Å². The highest BCUT2D eigenvalue weighted by molar-refractivity contribution is 5.97. The van der Waals surface area contributed by atoms with E-state index in [2.05, 4.69) is 30.1 Å². The second-order valence-electron chi connectivity index (χ2n) is 8.48. The highest BCUT2D eigenvalue weighted by atomic mass is 16.5. The number of nitrogens with one attached hydrogen (secondary N) is 1. The van der Waals surface area contributed by atoms with E-state index in [4.69, 9.17) is 9.72 Å². The maximum absolute atomic E-state index is 6.05. The smallest absolute Gasteiger partial charge is 0.227 e. The van der Waals surface area contributed by atoms with Crippen molar-refractivity contribution in [3.8, 4) is 5.75 Å². The van der Waals surface area contributed by atoms with Gasteiger partial charge < -0.3 is 19.9 Å².